The zero-order chi connectivity index (χ0) is 24.9. The number of thioether (sulfide) groups is 1. The van der Waals surface area contributed by atoms with Gasteiger partial charge in [0.2, 0.25) is 0 Å². The highest BCUT2D eigenvalue weighted by atomic mass is 32.2. The van der Waals surface area contributed by atoms with E-state index in [1.165, 1.54) is 11.8 Å². The number of carbonyl (C=O) groups excluding carboxylic acids is 1. The normalized spacial score (nSPS) is 11.5. The zero-order valence-corrected chi connectivity index (χ0v) is 20.5. The van der Waals surface area contributed by atoms with Crippen molar-refractivity contribution in [1.82, 2.24) is 20.4 Å². The number of oxazole rings is 1. The number of ether oxygens (including phenoxy) is 2. The number of carbonyl (C=O) groups is 1. The monoisotopic (exact) mass is 501 g/mol. The van der Waals surface area contributed by atoms with E-state index in [2.05, 4.69) is 25.5 Å². The van der Waals surface area contributed by atoms with Crippen LogP contribution in [0, 0.1) is 0 Å². The van der Waals surface area contributed by atoms with E-state index in [1.54, 1.807) is 38.6 Å². The van der Waals surface area contributed by atoms with Crippen LogP contribution >= 0.6 is 11.8 Å². The van der Waals surface area contributed by atoms with Gasteiger partial charge in [0.25, 0.3) is 11.1 Å². The summed E-state index contributed by atoms with van der Waals surface area (Å²) in [6.45, 7) is 0.373. The summed E-state index contributed by atoms with van der Waals surface area (Å²) >= 11 is 1.48. The molecule has 10 heteroatoms. The molecule has 1 amide bonds. The third-order valence-electron chi connectivity index (χ3n) is 5.38. The summed E-state index contributed by atoms with van der Waals surface area (Å²) in [6.07, 6.45) is 1.59. The minimum Gasteiger partial charge on any atom is -0.496 e. The predicted molar refractivity (Wildman–Crippen MR) is 138 cm³/mol. The van der Waals surface area contributed by atoms with Crippen LogP contribution in [0.3, 0.4) is 0 Å². The van der Waals surface area contributed by atoms with Crippen molar-refractivity contribution >= 4 is 46.0 Å². The number of nitrogens with one attached hydrogen (secondary N) is 2. The zero-order valence-electron chi connectivity index (χ0n) is 19.6. The molecule has 0 radical (unpaired) electrons. The van der Waals surface area contributed by atoms with E-state index in [0.717, 1.165) is 39.0 Å². The summed E-state index contributed by atoms with van der Waals surface area (Å²) < 4.78 is 16.4. The molecule has 0 aliphatic rings. The van der Waals surface area contributed by atoms with Crippen molar-refractivity contribution in [2.24, 2.45) is 5.10 Å². The number of rotatable bonds is 9. The molecule has 182 valence electrons. The maximum absolute atomic E-state index is 12.6. The first-order valence-corrected chi connectivity index (χ1v) is 12.1. The van der Waals surface area contributed by atoms with Crippen molar-refractivity contribution in [3.05, 3.63) is 83.2 Å². The molecule has 5 rings (SSSR count). The van der Waals surface area contributed by atoms with Crippen molar-refractivity contribution in [3.63, 3.8) is 0 Å². The minimum absolute atomic E-state index is 0.323. The van der Waals surface area contributed by atoms with Crippen LogP contribution in [0.5, 0.6) is 5.75 Å². The van der Waals surface area contributed by atoms with Gasteiger partial charge in [0.1, 0.15) is 23.7 Å². The number of imidazole rings is 1. The average molecular weight is 502 g/mol. The molecule has 0 saturated carbocycles. The molecule has 0 saturated heterocycles. The quantitative estimate of drug-likeness (QED) is 0.167. The Hall–Kier alpha value is -4.15. The number of fused-ring (bicyclic) bond motifs is 2. The standard InChI is InChI=1S/C26H23N5O4S/c1-33-14-24-28-19-9-8-17(12-21(19)29-24)25(32)31-27-13-16-7-10-22(34-2)18(11-16)15-36-26-30-20-5-3-4-6-23(20)35-26/h3-13H,14-15H2,1-2H3,(H,28,29)(H,31,32). The lowest BCUT2D eigenvalue weighted by molar-refractivity contribution is 0.0955. The number of methoxy groups -OCH3 is 2. The lowest BCUT2D eigenvalue weighted by Gasteiger charge is -2.08. The summed E-state index contributed by atoms with van der Waals surface area (Å²) in [5.74, 6) is 1.73. The van der Waals surface area contributed by atoms with Gasteiger partial charge in [0.15, 0.2) is 5.58 Å². The number of aromatic amines is 1. The van der Waals surface area contributed by atoms with Gasteiger partial charge < -0.3 is 18.9 Å². The fraction of sp³-hybridized carbons (Fsp3) is 0.154. The highest BCUT2D eigenvalue weighted by Gasteiger charge is 2.11. The van der Waals surface area contributed by atoms with E-state index in [0.29, 0.717) is 29.0 Å². The molecule has 2 N–H and O–H groups in total. The van der Waals surface area contributed by atoms with Gasteiger partial charge in [-0.25, -0.2) is 15.4 Å². The molecule has 5 aromatic rings. The van der Waals surface area contributed by atoms with Crippen LogP contribution in [-0.4, -0.2) is 41.3 Å². The number of H-pyrrole nitrogens is 1. The Morgan fingerprint density at radius 1 is 1.11 bits per heavy atom. The van der Waals surface area contributed by atoms with Gasteiger partial charge >= 0.3 is 0 Å². The van der Waals surface area contributed by atoms with E-state index in [1.807, 2.05) is 42.5 Å². The van der Waals surface area contributed by atoms with Crippen molar-refractivity contribution in [2.75, 3.05) is 14.2 Å². The molecule has 0 atom stereocenters. The minimum atomic E-state index is -0.323. The molecule has 0 unspecified atom stereocenters. The molecule has 2 heterocycles. The molecule has 3 aromatic carbocycles. The largest absolute Gasteiger partial charge is 0.496 e. The lowest BCUT2D eigenvalue weighted by atomic mass is 10.1. The first-order chi connectivity index (χ1) is 17.6. The van der Waals surface area contributed by atoms with E-state index in [9.17, 15) is 4.79 Å². The Labute approximate surface area is 210 Å². The Balaban J connectivity index is 1.25. The topological polar surface area (TPSA) is 115 Å². The van der Waals surface area contributed by atoms with Crippen molar-refractivity contribution in [1.29, 1.82) is 0 Å². The average Bonchev–Trinajstić information content (AvgIpc) is 3.50. The van der Waals surface area contributed by atoms with Crippen molar-refractivity contribution < 1.29 is 18.7 Å². The number of para-hydroxylation sites is 2. The number of hydrazone groups is 1. The second-order valence-corrected chi connectivity index (χ2v) is 8.78. The van der Waals surface area contributed by atoms with Crippen LogP contribution < -0.4 is 10.2 Å². The molecule has 0 aliphatic carbocycles. The van der Waals surface area contributed by atoms with Crippen LogP contribution in [0.15, 0.2) is 75.4 Å². The summed E-state index contributed by atoms with van der Waals surface area (Å²) in [5.41, 5.74) is 7.92. The predicted octanol–water partition coefficient (Wildman–Crippen LogP) is 4.92. The van der Waals surface area contributed by atoms with Gasteiger partial charge in [0, 0.05) is 24.0 Å². The van der Waals surface area contributed by atoms with Crippen LogP contribution in [0.1, 0.15) is 27.3 Å². The maximum atomic E-state index is 12.6. The molecular formula is C26H23N5O4S. The molecule has 0 aliphatic heterocycles. The lowest BCUT2D eigenvalue weighted by Crippen LogP contribution is -2.17. The third kappa shape index (κ3) is 5.24. The SMILES string of the molecule is COCc1nc2ccc(C(=O)NN=Cc3ccc(OC)c(CSc4nc5ccccc5o4)c3)cc2[nH]1. The summed E-state index contributed by atoms with van der Waals surface area (Å²) in [7, 11) is 3.23. The fourth-order valence-corrected chi connectivity index (χ4v) is 4.50. The maximum Gasteiger partial charge on any atom is 0.271 e. The van der Waals surface area contributed by atoms with Crippen LogP contribution in [0.25, 0.3) is 22.1 Å². The second kappa shape index (κ2) is 10.6. The number of benzene rings is 3. The van der Waals surface area contributed by atoms with Gasteiger partial charge in [-0.1, -0.05) is 23.9 Å². The first kappa shape index (κ1) is 23.6. The van der Waals surface area contributed by atoms with E-state index in [-0.39, 0.29) is 5.91 Å². The number of aromatic nitrogens is 3. The summed E-state index contributed by atoms with van der Waals surface area (Å²) in [4.78, 5) is 24.6. The summed E-state index contributed by atoms with van der Waals surface area (Å²) in [5, 5.41) is 4.72. The second-order valence-electron chi connectivity index (χ2n) is 7.86. The molecular weight excluding hydrogens is 478 g/mol. The van der Waals surface area contributed by atoms with E-state index < -0.39 is 0 Å². The van der Waals surface area contributed by atoms with Crippen LogP contribution in [0.2, 0.25) is 0 Å². The highest BCUT2D eigenvalue weighted by molar-refractivity contribution is 7.98. The van der Waals surface area contributed by atoms with Gasteiger partial charge in [-0.3, -0.25) is 4.79 Å². The van der Waals surface area contributed by atoms with Crippen molar-refractivity contribution in [3.8, 4) is 5.75 Å². The molecule has 0 spiro atoms. The van der Waals surface area contributed by atoms with Gasteiger partial charge in [0.05, 0.1) is 24.4 Å². The van der Waals surface area contributed by atoms with Gasteiger partial charge in [-0.05, 0) is 54.1 Å². The third-order valence-corrected chi connectivity index (χ3v) is 6.26. The Morgan fingerprint density at radius 2 is 2.00 bits per heavy atom. The molecule has 0 fully saturated rings. The Morgan fingerprint density at radius 3 is 2.83 bits per heavy atom. The smallest absolute Gasteiger partial charge is 0.271 e. The number of hydrogen-bond donors (Lipinski definition) is 2. The van der Waals surface area contributed by atoms with Gasteiger partial charge in [-0.15, -0.1) is 0 Å². The molecule has 36 heavy (non-hydrogen) atoms. The Kier molecular flexibility index (Phi) is 6.96. The van der Waals surface area contributed by atoms with Crippen LogP contribution in [0.4, 0.5) is 0 Å². The van der Waals surface area contributed by atoms with Crippen LogP contribution in [-0.2, 0) is 17.1 Å². The fourth-order valence-electron chi connectivity index (χ4n) is 3.68. The number of amides is 1. The van der Waals surface area contributed by atoms with E-state index >= 15 is 0 Å². The first-order valence-electron chi connectivity index (χ1n) is 11.1. The summed E-state index contributed by atoms with van der Waals surface area (Å²) in [6, 6.07) is 18.6. The molecule has 0 bridgehead atoms. The molecule has 2 aromatic heterocycles. The number of hydrogen-bond acceptors (Lipinski definition) is 8. The van der Waals surface area contributed by atoms with Crippen molar-refractivity contribution in [2.45, 2.75) is 17.6 Å². The molecule has 9 nitrogen and oxygen atoms in total. The Bertz CT molecular complexity index is 1530. The van der Waals surface area contributed by atoms with Gasteiger partial charge in [-0.2, -0.15) is 5.10 Å². The number of nitrogens with zero attached hydrogens (tertiary/aromatic N) is 3. The van der Waals surface area contributed by atoms with E-state index in [4.69, 9.17) is 13.9 Å². The highest BCUT2D eigenvalue weighted by Crippen LogP contribution is 2.30.